The Morgan fingerprint density at radius 2 is 1.43 bits per heavy atom. The van der Waals surface area contributed by atoms with E-state index in [1.165, 1.54) is 5.56 Å². The normalized spacial score (nSPS) is 13.8. The molecule has 112 valence electrons. The zero-order chi connectivity index (χ0) is 15.0. The lowest BCUT2D eigenvalue weighted by atomic mass is 10.2. The van der Waals surface area contributed by atoms with Gasteiger partial charge in [-0.25, -0.2) is 0 Å². The first-order valence-corrected chi connectivity index (χ1v) is 8.90. The van der Waals surface area contributed by atoms with E-state index in [0.29, 0.717) is 19.4 Å². The van der Waals surface area contributed by atoms with Crippen LogP contribution in [0.2, 0.25) is 0 Å². The minimum absolute atomic E-state index is 0.316. The van der Waals surface area contributed by atoms with Gasteiger partial charge in [0.05, 0.1) is 19.4 Å². The third kappa shape index (κ3) is 5.47. The molecule has 0 spiro atoms. The molecule has 0 radical (unpaired) electrons. The van der Waals surface area contributed by atoms with Gasteiger partial charge in [-0.1, -0.05) is 60.7 Å². The number of rotatable bonds is 8. The molecule has 2 aromatic rings. The van der Waals surface area contributed by atoms with Gasteiger partial charge in [-0.05, 0) is 24.5 Å². The van der Waals surface area contributed by atoms with E-state index >= 15 is 0 Å². The Bertz CT molecular complexity index is 569. The van der Waals surface area contributed by atoms with E-state index in [1.54, 1.807) is 0 Å². The summed E-state index contributed by atoms with van der Waals surface area (Å²) in [6.45, 7) is 2.61. The summed E-state index contributed by atoms with van der Waals surface area (Å²) in [5, 5.41) is 0. The second kappa shape index (κ2) is 8.14. The van der Waals surface area contributed by atoms with Gasteiger partial charge in [0.25, 0.3) is 0 Å². The fourth-order valence-electron chi connectivity index (χ4n) is 2.08. The lowest BCUT2D eigenvalue weighted by Crippen LogP contribution is -2.02. The molecular weight excluding hydrogens is 283 g/mol. The van der Waals surface area contributed by atoms with Crippen LogP contribution in [0.5, 0.6) is 0 Å². The lowest BCUT2D eigenvalue weighted by molar-refractivity contribution is 0.212. The zero-order valence-corrected chi connectivity index (χ0v) is 13.2. The molecule has 0 aliphatic rings. The van der Waals surface area contributed by atoms with Crippen molar-refractivity contribution in [1.29, 1.82) is 0 Å². The van der Waals surface area contributed by atoms with Crippen LogP contribution < -0.4 is 0 Å². The maximum atomic E-state index is 12.7. The molecule has 0 saturated carbocycles. The highest BCUT2D eigenvalue weighted by molar-refractivity contribution is 7.53. The largest absolute Gasteiger partial charge is 0.335 e. The molecule has 2 aromatic carbocycles. The molecule has 3 nitrogen and oxygen atoms in total. The minimum atomic E-state index is -3.08. The quantitative estimate of drug-likeness (QED) is 0.664. The smallest absolute Gasteiger partial charge is 0.309 e. The molecule has 21 heavy (non-hydrogen) atoms. The molecule has 1 unspecified atom stereocenters. The van der Waals surface area contributed by atoms with E-state index in [-0.39, 0.29) is 0 Å². The summed E-state index contributed by atoms with van der Waals surface area (Å²) in [6, 6.07) is 19.7. The first kappa shape index (κ1) is 16.0. The Balaban J connectivity index is 1.93. The van der Waals surface area contributed by atoms with Gasteiger partial charge in [-0.15, -0.1) is 0 Å². The van der Waals surface area contributed by atoms with Gasteiger partial charge in [0.1, 0.15) is 0 Å². The summed E-state index contributed by atoms with van der Waals surface area (Å²) in [7, 11) is -3.08. The molecule has 0 heterocycles. The summed E-state index contributed by atoms with van der Waals surface area (Å²) >= 11 is 0. The van der Waals surface area contributed by atoms with Crippen molar-refractivity contribution < 1.29 is 13.6 Å². The predicted octanol–water partition coefficient (Wildman–Crippen LogP) is 4.68. The van der Waals surface area contributed by atoms with Crippen LogP contribution in [0, 0.1) is 0 Å². The van der Waals surface area contributed by atoms with Crippen LogP contribution in [-0.2, 0) is 26.2 Å². The molecule has 2 rings (SSSR count). The van der Waals surface area contributed by atoms with E-state index in [4.69, 9.17) is 9.05 Å². The molecule has 0 aromatic heterocycles. The van der Waals surface area contributed by atoms with Crippen LogP contribution in [0.4, 0.5) is 0 Å². The van der Waals surface area contributed by atoms with Crippen LogP contribution in [0.1, 0.15) is 18.1 Å². The van der Waals surface area contributed by atoms with E-state index < -0.39 is 7.60 Å². The molecule has 0 N–H and O–H groups in total. The first-order valence-electron chi connectivity index (χ1n) is 7.18. The summed E-state index contributed by atoms with van der Waals surface area (Å²) in [4.78, 5) is 0. The van der Waals surface area contributed by atoms with Crippen molar-refractivity contribution in [3.05, 3.63) is 71.8 Å². The fraction of sp³-hybridized carbons (Fsp3) is 0.294. The molecule has 0 saturated heterocycles. The van der Waals surface area contributed by atoms with Gasteiger partial charge in [0.15, 0.2) is 0 Å². The highest BCUT2D eigenvalue weighted by atomic mass is 31.2. The lowest BCUT2D eigenvalue weighted by Gasteiger charge is -2.18. The van der Waals surface area contributed by atoms with Crippen molar-refractivity contribution in [2.45, 2.75) is 19.5 Å². The standard InChI is InChI=1S/C17H21O3P/c1-2-19-21(18,15-17-11-7-4-8-12-17)20-14-13-16-9-5-3-6-10-16/h3-12H,2,13-15H2,1H3. The second-order valence-electron chi connectivity index (χ2n) is 4.74. The minimum Gasteiger partial charge on any atom is -0.309 e. The Morgan fingerprint density at radius 3 is 2.00 bits per heavy atom. The second-order valence-corrected chi connectivity index (χ2v) is 6.80. The maximum Gasteiger partial charge on any atom is 0.335 e. The Hall–Kier alpha value is -1.41. The van der Waals surface area contributed by atoms with Gasteiger partial charge in [-0.3, -0.25) is 4.57 Å². The van der Waals surface area contributed by atoms with Crippen molar-refractivity contribution in [2.24, 2.45) is 0 Å². The van der Waals surface area contributed by atoms with Crippen LogP contribution in [0.15, 0.2) is 60.7 Å². The SMILES string of the molecule is CCOP(=O)(Cc1ccccc1)OCCc1ccccc1. The third-order valence-electron chi connectivity index (χ3n) is 3.07. The maximum absolute atomic E-state index is 12.7. The van der Waals surface area contributed by atoms with Crippen LogP contribution in [0.3, 0.4) is 0 Å². The monoisotopic (exact) mass is 304 g/mol. The van der Waals surface area contributed by atoms with Crippen molar-refractivity contribution in [3.8, 4) is 0 Å². The fourth-order valence-corrected chi connectivity index (χ4v) is 3.76. The van der Waals surface area contributed by atoms with E-state index in [1.807, 2.05) is 67.6 Å². The highest BCUT2D eigenvalue weighted by Crippen LogP contribution is 2.51. The number of benzene rings is 2. The highest BCUT2D eigenvalue weighted by Gasteiger charge is 2.24. The molecule has 1 atom stereocenters. The Labute approximate surface area is 126 Å². The van der Waals surface area contributed by atoms with E-state index in [0.717, 1.165) is 12.0 Å². The van der Waals surface area contributed by atoms with Crippen molar-refractivity contribution in [2.75, 3.05) is 13.2 Å². The number of hydrogen-bond acceptors (Lipinski definition) is 3. The molecule has 0 fully saturated rings. The van der Waals surface area contributed by atoms with E-state index in [9.17, 15) is 4.57 Å². The Kier molecular flexibility index (Phi) is 6.19. The first-order chi connectivity index (χ1) is 10.2. The van der Waals surface area contributed by atoms with Crippen LogP contribution in [0.25, 0.3) is 0 Å². The van der Waals surface area contributed by atoms with Crippen molar-refractivity contribution >= 4 is 7.60 Å². The van der Waals surface area contributed by atoms with Gasteiger partial charge in [0.2, 0.25) is 0 Å². The van der Waals surface area contributed by atoms with Gasteiger partial charge < -0.3 is 9.05 Å². The van der Waals surface area contributed by atoms with Crippen molar-refractivity contribution in [3.63, 3.8) is 0 Å². The van der Waals surface area contributed by atoms with Crippen LogP contribution >= 0.6 is 7.60 Å². The molecule has 0 aliphatic carbocycles. The van der Waals surface area contributed by atoms with Gasteiger partial charge >= 0.3 is 7.60 Å². The molecule has 0 amide bonds. The number of hydrogen-bond donors (Lipinski definition) is 0. The predicted molar refractivity (Wildman–Crippen MR) is 85.5 cm³/mol. The zero-order valence-electron chi connectivity index (χ0n) is 12.3. The average molecular weight is 304 g/mol. The Morgan fingerprint density at radius 1 is 0.857 bits per heavy atom. The third-order valence-corrected chi connectivity index (χ3v) is 5.05. The summed E-state index contributed by atoms with van der Waals surface area (Å²) < 4.78 is 23.7. The molecule has 0 aliphatic heterocycles. The summed E-state index contributed by atoms with van der Waals surface area (Å²) in [6.07, 6.45) is 1.04. The topological polar surface area (TPSA) is 35.5 Å². The molecular formula is C17H21O3P. The average Bonchev–Trinajstić information content (AvgIpc) is 2.49. The van der Waals surface area contributed by atoms with Crippen molar-refractivity contribution in [1.82, 2.24) is 0 Å². The van der Waals surface area contributed by atoms with Crippen LogP contribution in [-0.4, -0.2) is 13.2 Å². The molecule has 0 bridgehead atoms. The summed E-state index contributed by atoms with van der Waals surface area (Å²) in [5.41, 5.74) is 2.13. The molecule has 4 heteroatoms. The van der Waals surface area contributed by atoms with Gasteiger partial charge in [-0.2, -0.15) is 0 Å². The summed E-state index contributed by atoms with van der Waals surface area (Å²) in [5.74, 6) is 0. The van der Waals surface area contributed by atoms with E-state index in [2.05, 4.69) is 0 Å². The van der Waals surface area contributed by atoms with Gasteiger partial charge in [0, 0.05) is 0 Å².